The van der Waals surface area contributed by atoms with Crippen molar-refractivity contribution in [3.63, 3.8) is 0 Å². The lowest BCUT2D eigenvalue weighted by Crippen LogP contribution is -2.34. The molecule has 1 aromatic rings. The lowest BCUT2D eigenvalue weighted by molar-refractivity contribution is -0.138. The minimum absolute atomic E-state index is 0.124. The van der Waals surface area contributed by atoms with Gasteiger partial charge in [-0.05, 0) is 52.3 Å². The third kappa shape index (κ3) is 6.99. The predicted molar refractivity (Wildman–Crippen MR) is 81.1 cm³/mol. The highest BCUT2D eigenvalue weighted by molar-refractivity contribution is 5.96. The molecular weight excluding hydrogens is 268 g/mol. The van der Waals surface area contributed by atoms with Crippen LogP contribution in [-0.4, -0.2) is 35.9 Å². The average molecular weight is 292 g/mol. The van der Waals surface area contributed by atoms with Crippen LogP contribution < -0.4 is 5.32 Å². The minimum atomic E-state index is -0.318. The number of carbonyl (C=O) groups excluding carboxylic acids is 2. The van der Waals surface area contributed by atoms with Crippen molar-refractivity contribution in [2.45, 2.75) is 39.2 Å². The Morgan fingerprint density at radius 3 is 2.62 bits per heavy atom. The van der Waals surface area contributed by atoms with E-state index < -0.39 is 0 Å². The molecule has 5 heteroatoms. The average Bonchev–Trinajstić information content (AvgIpc) is 2.48. The molecule has 1 N–H and O–H groups in total. The second-order valence-electron chi connectivity index (χ2n) is 5.95. The highest BCUT2D eigenvalue weighted by Crippen LogP contribution is 2.14. The van der Waals surface area contributed by atoms with Crippen molar-refractivity contribution in [2.75, 3.05) is 13.1 Å². The van der Waals surface area contributed by atoms with Gasteiger partial charge in [-0.1, -0.05) is 6.07 Å². The molecule has 1 aliphatic heterocycles. The highest BCUT2D eigenvalue weighted by atomic mass is 16.5. The summed E-state index contributed by atoms with van der Waals surface area (Å²) in [7, 11) is 0. The van der Waals surface area contributed by atoms with Gasteiger partial charge in [-0.15, -0.1) is 0 Å². The predicted octanol–water partition coefficient (Wildman–Crippen LogP) is 2.22. The molecule has 2 heterocycles. The van der Waals surface area contributed by atoms with E-state index in [1.165, 1.54) is 0 Å². The molecule has 116 valence electrons. The number of piperidine rings is 1. The molecule has 2 rings (SSSR count). The summed E-state index contributed by atoms with van der Waals surface area (Å²) in [6.45, 7) is 7.76. The van der Waals surface area contributed by atoms with Crippen molar-refractivity contribution in [3.8, 4) is 0 Å². The Bertz CT molecular complexity index is 435. The number of ether oxygens (including phenoxy) is 1. The Kier molecular flexibility index (Phi) is 7.02. The van der Waals surface area contributed by atoms with Crippen LogP contribution in [0.2, 0.25) is 0 Å². The van der Waals surface area contributed by atoms with Crippen LogP contribution in [0.15, 0.2) is 24.4 Å². The number of pyridine rings is 1. The van der Waals surface area contributed by atoms with Crippen LogP contribution in [0.3, 0.4) is 0 Å². The summed E-state index contributed by atoms with van der Waals surface area (Å²) in [6, 6.07) is 5.48. The van der Waals surface area contributed by atoms with Crippen LogP contribution in [0.5, 0.6) is 0 Å². The molecule has 0 unspecified atom stereocenters. The van der Waals surface area contributed by atoms with E-state index in [1.54, 1.807) is 12.3 Å². The first-order valence-corrected chi connectivity index (χ1v) is 7.21. The zero-order chi connectivity index (χ0) is 15.7. The van der Waals surface area contributed by atoms with Gasteiger partial charge >= 0.3 is 0 Å². The first kappa shape index (κ1) is 17.3. The molecule has 0 bridgehead atoms. The number of ketones is 1. The molecule has 0 aliphatic carbocycles. The van der Waals surface area contributed by atoms with Gasteiger partial charge in [-0.3, -0.25) is 14.6 Å². The fourth-order valence-corrected chi connectivity index (χ4v) is 1.94. The Morgan fingerprint density at radius 1 is 1.43 bits per heavy atom. The molecule has 1 saturated heterocycles. The van der Waals surface area contributed by atoms with Crippen molar-refractivity contribution < 1.29 is 14.3 Å². The van der Waals surface area contributed by atoms with Gasteiger partial charge in [0.2, 0.25) is 0 Å². The summed E-state index contributed by atoms with van der Waals surface area (Å²) in [6.07, 6.45) is 3.75. The van der Waals surface area contributed by atoms with Crippen LogP contribution in [0.4, 0.5) is 0 Å². The van der Waals surface area contributed by atoms with E-state index >= 15 is 0 Å². The monoisotopic (exact) mass is 292 g/mol. The Balaban J connectivity index is 0.000000270. The van der Waals surface area contributed by atoms with Gasteiger partial charge in [0.25, 0.3) is 6.47 Å². The van der Waals surface area contributed by atoms with E-state index in [1.807, 2.05) is 32.9 Å². The van der Waals surface area contributed by atoms with Crippen molar-refractivity contribution in [1.82, 2.24) is 10.3 Å². The van der Waals surface area contributed by atoms with Gasteiger partial charge in [0.1, 0.15) is 11.3 Å². The van der Waals surface area contributed by atoms with Crippen molar-refractivity contribution in [1.29, 1.82) is 0 Å². The zero-order valence-corrected chi connectivity index (χ0v) is 13.0. The molecule has 0 spiro atoms. The molecule has 0 amide bonds. The van der Waals surface area contributed by atoms with Crippen LogP contribution in [0.1, 0.15) is 44.1 Å². The molecule has 5 nitrogen and oxygen atoms in total. The molecule has 0 radical (unpaired) electrons. The maximum absolute atomic E-state index is 11.9. The Hall–Kier alpha value is -1.75. The maximum atomic E-state index is 11.9. The second-order valence-corrected chi connectivity index (χ2v) is 5.95. The summed E-state index contributed by atoms with van der Waals surface area (Å²) in [5.41, 5.74) is 0.281. The number of rotatable bonds is 3. The lowest BCUT2D eigenvalue weighted by atomic mass is 9.93. The number of hydrogen-bond acceptors (Lipinski definition) is 5. The fourth-order valence-electron chi connectivity index (χ4n) is 1.94. The summed E-state index contributed by atoms with van der Waals surface area (Å²) in [4.78, 5) is 25.6. The molecule has 1 fully saturated rings. The first-order valence-electron chi connectivity index (χ1n) is 7.21. The lowest BCUT2D eigenvalue weighted by Gasteiger charge is -2.20. The van der Waals surface area contributed by atoms with Gasteiger partial charge in [-0.2, -0.15) is 0 Å². The fraction of sp³-hybridized carbons (Fsp3) is 0.562. The third-order valence-corrected chi connectivity index (χ3v) is 2.99. The summed E-state index contributed by atoms with van der Waals surface area (Å²) in [5, 5.41) is 3.24. The van der Waals surface area contributed by atoms with E-state index in [0.29, 0.717) is 12.2 Å². The van der Waals surface area contributed by atoms with Gasteiger partial charge in [0, 0.05) is 18.7 Å². The normalized spacial score (nSPS) is 18.1. The molecule has 1 aliphatic rings. The van der Waals surface area contributed by atoms with Crippen LogP contribution in [0.25, 0.3) is 0 Å². The van der Waals surface area contributed by atoms with Crippen LogP contribution in [0, 0.1) is 5.92 Å². The maximum Gasteiger partial charge on any atom is 0.293 e. The Labute approximate surface area is 126 Å². The van der Waals surface area contributed by atoms with E-state index in [2.05, 4.69) is 15.0 Å². The standard InChI is InChI=1S/C11H14N2O.C5H10O2/c14-11(9-4-3-6-12-8-9)10-5-1-2-7-13-10;1-5(2,3)7-4-6/h1-2,5,7,9,12H,3-4,6,8H2;4H,1-3H3/t9-;/m0./s1. The van der Waals surface area contributed by atoms with E-state index in [0.717, 1.165) is 25.9 Å². The second kappa shape index (κ2) is 8.52. The van der Waals surface area contributed by atoms with E-state index in [9.17, 15) is 9.59 Å². The van der Waals surface area contributed by atoms with Gasteiger partial charge in [0.15, 0.2) is 5.78 Å². The first-order chi connectivity index (χ1) is 9.94. The third-order valence-electron chi connectivity index (χ3n) is 2.99. The van der Waals surface area contributed by atoms with Gasteiger partial charge in [0.05, 0.1) is 0 Å². The van der Waals surface area contributed by atoms with E-state index in [-0.39, 0.29) is 17.3 Å². The molecule has 1 aromatic heterocycles. The number of nitrogens with one attached hydrogen (secondary N) is 1. The minimum Gasteiger partial charge on any atom is -0.462 e. The number of nitrogens with zero attached hydrogens (tertiary/aromatic N) is 1. The van der Waals surface area contributed by atoms with Gasteiger partial charge < -0.3 is 10.1 Å². The molecule has 1 atom stereocenters. The number of Topliss-reactive ketones (excluding diaryl/α,β-unsaturated/α-hetero) is 1. The Morgan fingerprint density at radius 2 is 2.19 bits per heavy atom. The van der Waals surface area contributed by atoms with Crippen LogP contribution in [-0.2, 0) is 9.53 Å². The molecular formula is C16H24N2O3. The quantitative estimate of drug-likeness (QED) is 0.683. The molecule has 21 heavy (non-hydrogen) atoms. The zero-order valence-electron chi connectivity index (χ0n) is 13.0. The van der Waals surface area contributed by atoms with Crippen molar-refractivity contribution >= 4 is 12.3 Å². The van der Waals surface area contributed by atoms with Crippen LogP contribution >= 0.6 is 0 Å². The highest BCUT2D eigenvalue weighted by Gasteiger charge is 2.22. The largest absolute Gasteiger partial charge is 0.462 e. The molecule has 0 aromatic carbocycles. The van der Waals surface area contributed by atoms with E-state index in [4.69, 9.17) is 0 Å². The number of hydrogen-bond donors (Lipinski definition) is 1. The van der Waals surface area contributed by atoms with Crippen molar-refractivity contribution in [2.24, 2.45) is 5.92 Å². The smallest absolute Gasteiger partial charge is 0.293 e. The number of carbonyl (C=O) groups is 2. The summed E-state index contributed by atoms with van der Waals surface area (Å²) < 4.78 is 4.55. The number of aromatic nitrogens is 1. The summed E-state index contributed by atoms with van der Waals surface area (Å²) >= 11 is 0. The van der Waals surface area contributed by atoms with Crippen molar-refractivity contribution in [3.05, 3.63) is 30.1 Å². The SMILES string of the molecule is CC(C)(C)OC=O.O=C(c1ccccn1)[C@H]1CCCNC1. The van der Waals surface area contributed by atoms with Gasteiger partial charge in [-0.25, -0.2) is 0 Å². The topological polar surface area (TPSA) is 68.3 Å². The molecule has 0 saturated carbocycles. The summed E-state index contributed by atoms with van der Waals surface area (Å²) in [5.74, 6) is 0.302.